The average Bonchev–Trinajstić information content (AvgIpc) is 2.82. The van der Waals surface area contributed by atoms with E-state index < -0.39 is 11.6 Å². The number of hydrogen-bond acceptors (Lipinski definition) is 3. The van der Waals surface area contributed by atoms with Crippen LogP contribution in [0.2, 0.25) is 0 Å². The van der Waals surface area contributed by atoms with Gasteiger partial charge in [-0.3, -0.25) is 0 Å². The van der Waals surface area contributed by atoms with Crippen molar-refractivity contribution in [3.63, 3.8) is 0 Å². The molecule has 2 amide bonds. The first kappa shape index (κ1) is 22.1. The van der Waals surface area contributed by atoms with Crippen LogP contribution >= 0.6 is 0 Å². The Morgan fingerprint density at radius 2 is 1.59 bits per heavy atom. The van der Waals surface area contributed by atoms with Crippen molar-refractivity contribution in [3.05, 3.63) is 89.7 Å². The maximum Gasteiger partial charge on any atom is 0.321 e. The lowest BCUT2D eigenvalue weighted by molar-refractivity contribution is 0.0459. The molecule has 1 unspecified atom stereocenters. The van der Waals surface area contributed by atoms with E-state index in [2.05, 4.69) is 10.2 Å². The normalized spacial score (nSPS) is 19.1. The van der Waals surface area contributed by atoms with Gasteiger partial charge in [-0.2, -0.15) is 0 Å². The minimum Gasteiger partial charge on any atom is -0.508 e. The van der Waals surface area contributed by atoms with E-state index in [-0.39, 0.29) is 34.7 Å². The third-order valence-corrected chi connectivity index (χ3v) is 6.96. The molecule has 3 aromatic rings. The number of nitrogens with one attached hydrogen (secondary N) is 1. The number of hydrogen-bond donors (Lipinski definition) is 2. The predicted octanol–water partition coefficient (Wildman–Crippen LogP) is 5.69. The molecule has 1 spiro atoms. The van der Waals surface area contributed by atoms with Crippen LogP contribution in [0.1, 0.15) is 24.4 Å². The second-order valence-electron chi connectivity index (χ2n) is 9.01. The number of benzene rings is 3. The molecule has 8 heteroatoms. The van der Waals surface area contributed by atoms with Gasteiger partial charge in [-0.1, -0.05) is 12.1 Å². The second kappa shape index (κ2) is 8.59. The smallest absolute Gasteiger partial charge is 0.321 e. The maximum atomic E-state index is 13.5. The summed E-state index contributed by atoms with van der Waals surface area (Å²) >= 11 is 0. The van der Waals surface area contributed by atoms with Crippen LogP contribution in [0.25, 0.3) is 0 Å². The molecular weight excluding hydrogens is 443 g/mol. The predicted molar refractivity (Wildman–Crippen MR) is 123 cm³/mol. The van der Waals surface area contributed by atoms with Crippen LogP contribution in [0.5, 0.6) is 5.75 Å². The fourth-order valence-corrected chi connectivity index (χ4v) is 5.16. The monoisotopic (exact) mass is 467 g/mol. The van der Waals surface area contributed by atoms with Gasteiger partial charge in [0.15, 0.2) is 11.6 Å². The summed E-state index contributed by atoms with van der Waals surface area (Å²) in [4.78, 5) is 16.6. The number of amides is 2. The number of halogens is 3. The number of anilines is 2. The van der Waals surface area contributed by atoms with Gasteiger partial charge in [0, 0.05) is 42.5 Å². The van der Waals surface area contributed by atoms with E-state index in [0.717, 1.165) is 42.8 Å². The molecule has 2 aliphatic rings. The first-order valence-corrected chi connectivity index (χ1v) is 11.2. The Morgan fingerprint density at radius 1 is 0.912 bits per heavy atom. The minimum absolute atomic E-state index is 0.0231. The summed E-state index contributed by atoms with van der Waals surface area (Å²) in [6.07, 6.45) is 1.50. The Labute approximate surface area is 195 Å². The highest BCUT2D eigenvalue weighted by atomic mass is 19.2. The van der Waals surface area contributed by atoms with Gasteiger partial charge in [0.1, 0.15) is 11.6 Å². The van der Waals surface area contributed by atoms with E-state index >= 15 is 0 Å². The van der Waals surface area contributed by atoms with Crippen LogP contribution in [0.15, 0.2) is 66.7 Å². The Morgan fingerprint density at radius 3 is 2.24 bits per heavy atom. The number of aromatic hydroxyl groups is 1. The summed E-state index contributed by atoms with van der Waals surface area (Å²) in [6.45, 7) is 1.80. The highest BCUT2D eigenvalue weighted by molar-refractivity contribution is 5.89. The van der Waals surface area contributed by atoms with Crippen LogP contribution in [-0.4, -0.2) is 35.7 Å². The van der Waals surface area contributed by atoms with Crippen molar-refractivity contribution in [1.82, 2.24) is 4.90 Å². The molecule has 34 heavy (non-hydrogen) atoms. The van der Waals surface area contributed by atoms with Crippen LogP contribution in [0, 0.1) is 22.9 Å². The van der Waals surface area contributed by atoms with Gasteiger partial charge < -0.3 is 20.2 Å². The summed E-state index contributed by atoms with van der Waals surface area (Å²) in [5, 5.41) is 12.4. The first-order valence-electron chi connectivity index (χ1n) is 11.2. The zero-order chi connectivity index (χ0) is 23.9. The zero-order valence-electron chi connectivity index (χ0n) is 18.3. The zero-order valence-corrected chi connectivity index (χ0v) is 18.3. The molecule has 0 aromatic heterocycles. The van der Waals surface area contributed by atoms with Crippen molar-refractivity contribution in [1.29, 1.82) is 0 Å². The summed E-state index contributed by atoms with van der Waals surface area (Å²) in [5.41, 5.74) is 2.10. The van der Waals surface area contributed by atoms with E-state index in [4.69, 9.17) is 0 Å². The van der Waals surface area contributed by atoms with Gasteiger partial charge in [-0.25, -0.2) is 18.0 Å². The van der Waals surface area contributed by atoms with Gasteiger partial charge in [0.2, 0.25) is 0 Å². The van der Waals surface area contributed by atoms with Crippen molar-refractivity contribution < 1.29 is 23.1 Å². The van der Waals surface area contributed by atoms with E-state index in [1.807, 2.05) is 12.1 Å². The summed E-state index contributed by atoms with van der Waals surface area (Å²) in [7, 11) is 0. The SMILES string of the molecule is O=C(Nc1ccc(F)c(F)c1)N1CCC2(CC1)CN(c1ccc(F)cc1)C2c1ccc(O)cc1. The Hall–Kier alpha value is -3.68. The van der Waals surface area contributed by atoms with Gasteiger partial charge in [-0.05, 0) is 66.9 Å². The van der Waals surface area contributed by atoms with Crippen molar-refractivity contribution in [2.45, 2.75) is 18.9 Å². The van der Waals surface area contributed by atoms with E-state index in [9.17, 15) is 23.1 Å². The Kier molecular flexibility index (Phi) is 5.59. The molecule has 2 fully saturated rings. The molecule has 2 N–H and O–H groups in total. The molecule has 2 saturated heterocycles. The molecule has 0 bridgehead atoms. The number of nitrogens with zero attached hydrogens (tertiary/aromatic N) is 2. The van der Waals surface area contributed by atoms with Crippen molar-refractivity contribution in [3.8, 4) is 5.75 Å². The number of likely N-dealkylation sites (tertiary alicyclic amines) is 1. The number of carbonyl (C=O) groups excluding carboxylic acids is 1. The molecular formula is C26H24F3N3O2. The number of phenols is 1. The largest absolute Gasteiger partial charge is 0.508 e. The molecule has 5 rings (SSSR count). The molecule has 2 aliphatic heterocycles. The minimum atomic E-state index is -1.01. The third kappa shape index (κ3) is 4.04. The van der Waals surface area contributed by atoms with Gasteiger partial charge in [0.05, 0.1) is 6.04 Å². The fourth-order valence-electron chi connectivity index (χ4n) is 5.16. The number of carbonyl (C=O) groups is 1. The maximum absolute atomic E-state index is 13.5. The summed E-state index contributed by atoms with van der Waals surface area (Å²) in [6, 6.07) is 16.5. The van der Waals surface area contributed by atoms with Crippen LogP contribution in [-0.2, 0) is 0 Å². The fraction of sp³-hybridized carbons (Fsp3) is 0.269. The van der Waals surface area contributed by atoms with E-state index in [1.54, 1.807) is 29.2 Å². The standard InChI is InChI=1S/C26H24F3N3O2/c27-18-3-6-20(7-4-18)32-16-26(24(32)17-1-8-21(33)9-2-17)11-13-31(14-12-26)25(34)30-19-5-10-22(28)23(29)15-19/h1-10,15,24,33H,11-14,16H2,(H,30,34). The molecule has 3 aromatic carbocycles. The topological polar surface area (TPSA) is 55.8 Å². The second-order valence-corrected chi connectivity index (χ2v) is 9.01. The van der Waals surface area contributed by atoms with Crippen LogP contribution in [0.4, 0.5) is 29.3 Å². The van der Waals surface area contributed by atoms with Gasteiger partial charge >= 0.3 is 6.03 Å². The van der Waals surface area contributed by atoms with E-state index in [1.165, 1.54) is 18.2 Å². The number of phenolic OH excluding ortho intramolecular Hbond substituents is 1. The van der Waals surface area contributed by atoms with Crippen molar-refractivity contribution in [2.24, 2.45) is 5.41 Å². The van der Waals surface area contributed by atoms with Crippen molar-refractivity contribution in [2.75, 3.05) is 29.9 Å². The van der Waals surface area contributed by atoms with Gasteiger partial charge in [0.25, 0.3) is 0 Å². The molecule has 176 valence electrons. The lowest BCUT2D eigenvalue weighted by Crippen LogP contribution is -2.63. The van der Waals surface area contributed by atoms with Crippen molar-refractivity contribution >= 4 is 17.4 Å². The Balaban J connectivity index is 1.32. The molecule has 5 nitrogen and oxygen atoms in total. The van der Waals surface area contributed by atoms with E-state index in [0.29, 0.717) is 13.1 Å². The molecule has 0 saturated carbocycles. The summed E-state index contributed by atoms with van der Waals surface area (Å²) in [5.74, 6) is -2.08. The number of rotatable bonds is 3. The van der Waals surface area contributed by atoms with Crippen LogP contribution < -0.4 is 10.2 Å². The molecule has 1 atom stereocenters. The highest BCUT2D eigenvalue weighted by Gasteiger charge is 2.54. The lowest BCUT2D eigenvalue weighted by Gasteiger charge is -2.61. The number of urea groups is 1. The molecule has 0 radical (unpaired) electrons. The van der Waals surface area contributed by atoms with Gasteiger partial charge in [-0.15, -0.1) is 0 Å². The molecule has 2 heterocycles. The highest BCUT2D eigenvalue weighted by Crippen LogP contribution is 2.56. The summed E-state index contributed by atoms with van der Waals surface area (Å²) < 4.78 is 40.1. The first-order chi connectivity index (χ1) is 16.3. The molecule has 0 aliphatic carbocycles. The quantitative estimate of drug-likeness (QED) is 0.521. The third-order valence-electron chi connectivity index (χ3n) is 6.96. The lowest BCUT2D eigenvalue weighted by atomic mass is 9.63. The Bertz CT molecular complexity index is 1190. The average molecular weight is 467 g/mol. The van der Waals surface area contributed by atoms with Crippen LogP contribution in [0.3, 0.4) is 0 Å². The number of piperidine rings is 1.